The number of aromatic nitrogens is 3. The van der Waals surface area contributed by atoms with Gasteiger partial charge in [-0.15, -0.1) is 0 Å². The molecule has 3 rings (SSSR count). The normalized spacial score (nSPS) is 11.3. The Hall–Kier alpha value is -2.07. The fourth-order valence-corrected chi connectivity index (χ4v) is 2.57. The van der Waals surface area contributed by atoms with Crippen LogP contribution in [-0.2, 0) is 20.1 Å². The van der Waals surface area contributed by atoms with Gasteiger partial charge in [-0.25, -0.2) is 0 Å². The van der Waals surface area contributed by atoms with E-state index in [1.54, 1.807) is 0 Å². The van der Waals surface area contributed by atoms with Gasteiger partial charge in [0.1, 0.15) is 0 Å². The van der Waals surface area contributed by atoms with Crippen molar-refractivity contribution in [2.24, 2.45) is 7.05 Å². The van der Waals surface area contributed by atoms with E-state index in [0.717, 1.165) is 19.6 Å². The van der Waals surface area contributed by atoms with E-state index in [0.29, 0.717) is 0 Å². The topological polar surface area (TPSA) is 34.8 Å². The van der Waals surface area contributed by atoms with Gasteiger partial charge < -0.3 is 9.88 Å². The Morgan fingerprint density at radius 3 is 2.85 bits per heavy atom. The number of fused-ring (bicyclic) bond motifs is 1. The third-order valence-corrected chi connectivity index (χ3v) is 3.57. The molecule has 1 N–H and O–H groups in total. The van der Waals surface area contributed by atoms with Crippen molar-refractivity contribution in [3.05, 3.63) is 54.0 Å². The number of para-hydroxylation sites is 1. The number of rotatable bonds is 5. The van der Waals surface area contributed by atoms with E-state index in [1.807, 2.05) is 10.9 Å². The van der Waals surface area contributed by atoms with Gasteiger partial charge in [0.15, 0.2) is 0 Å². The highest BCUT2D eigenvalue weighted by Gasteiger charge is 2.04. The van der Waals surface area contributed by atoms with E-state index < -0.39 is 0 Å². The first-order valence-electron chi connectivity index (χ1n) is 6.97. The van der Waals surface area contributed by atoms with Gasteiger partial charge in [-0.3, -0.25) is 4.68 Å². The van der Waals surface area contributed by atoms with Crippen molar-refractivity contribution in [1.82, 2.24) is 19.7 Å². The summed E-state index contributed by atoms with van der Waals surface area (Å²) in [6.45, 7) is 4.78. The Balaban J connectivity index is 1.60. The molecule has 2 heterocycles. The third-order valence-electron chi connectivity index (χ3n) is 3.57. The lowest BCUT2D eigenvalue weighted by atomic mass is 10.2. The van der Waals surface area contributed by atoms with Gasteiger partial charge in [-0.05, 0) is 24.1 Å². The Kier molecular flexibility index (Phi) is 3.56. The summed E-state index contributed by atoms with van der Waals surface area (Å²) in [5.74, 6) is 0. The summed E-state index contributed by atoms with van der Waals surface area (Å²) in [7, 11) is 2.10. The van der Waals surface area contributed by atoms with Gasteiger partial charge in [-0.2, -0.15) is 5.10 Å². The summed E-state index contributed by atoms with van der Waals surface area (Å²) in [5, 5.41) is 9.11. The minimum atomic E-state index is 0.890. The molecule has 4 heteroatoms. The van der Waals surface area contributed by atoms with Crippen molar-refractivity contribution in [1.29, 1.82) is 0 Å². The molecular weight excluding hydrogens is 248 g/mol. The van der Waals surface area contributed by atoms with Crippen LogP contribution in [0, 0.1) is 6.92 Å². The largest absolute Gasteiger partial charge is 0.350 e. The summed E-state index contributed by atoms with van der Waals surface area (Å²) in [5.41, 5.74) is 3.84. The molecule has 0 fully saturated rings. The van der Waals surface area contributed by atoms with Gasteiger partial charge in [0.05, 0.1) is 12.7 Å². The molecule has 2 aromatic heterocycles. The first-order chi connectivity index (χ1) is 9.74. The molecule has 0 bridgehead atoms. The van der Waals surface area contributed by atoms with E-state index in [1.165, 1.54) is 22.0 Å². The fourth-order valence-electron chi connectivity index (χ4n) is 2.57. The SMILES string of the molecule is Cc1cnn(CCNCc2cn(C)c3ccccc23)c1. The Labute approximate surface area is 119 Å². The molecule has 0 atom stereocenters. The van der Waals surface area contributed by atoms with Crippen LogP contribution in [0.2, 0.25) is 0 Å². The maximum Gasteiger partial charge on any atom is 0.0534 e. The van der Waals surface area contributed by atoms with Gasteiger partial charge in [-0.1, -0.05) is 18.2 Å². The van der Waals surface area contributed by atoms with Crippen molar-refractivity contribution in [3.63, 3.8) is 0 Å². The summed E-state index contributed by atoms with van der Waals surface area (Å²) in [4.78, 5) is 0. The molecule has 0 amide bonds. The zero-order chi connectivity index (χ0) is 13.9. The molecule has 104 valence electrons. The van der Waals surface area contributed by atoms with E-state index >= 15 is 0 Å². The molecule has 0 aliphatic heterocycles. The van der Waals surface area contributed by atoms with Crippen LogP contribution >= 0.6 is 0 Å². The Bertz CT molecular complexity index is 708. The monoisotopic (exact) mass is 268 g/mol. The number of benzene rings is 1. The van der Waals surface area contributed by atoms with E-state index in [9.17, 15) is 0 Å². The molecule has 0 aliphatic carbocycles. The number of nitrogens with one attached hydrogen (secondary N) is 1. The average molecular weight is 268 g/mol. The van der Waals surface area contributed by atoms with Crippen molar-refractivity contribution < 1.29 is 0 Å². The van der Waals surface area contributed by atoms with Crippen molar-refractivity contribution in [2.45, 2.75) is 20.0 Å². The molecule has 20 heavy (non-hydrogen) atoms. The first-order valence-corrected chi connectivity index (χ1v) is 6.97. The third kappa shape index (κ3) is 2.60. The van der Waals surface area contributed by atoms with Crippen LogP contribution in [0.5, 0.6) is 0 Å². The Morgan fingerprint density at radius 1 is 1.20 bits per heavy atom. The zero-order valence-corrected chi connectivity index (χ0v) is 12.0. The number of nitrogens with zero attached hydrogens (tertiary/aromatic N) is 3. The average Bonchev–Trinajstić information content (AvgIpc) is 3.00. The number of aryl methyl sites for hydroxylation is 2. The highest BCUT2D eigenvalue weighted by Crippen LogP contribution is 2.19. The minimum Gasteiger partial charge on any atom is -0.350 e. The van der Waals surface area contributed by atoms with Crippen LogP contribution in [0.25, 0.3) is 10.9 Å². The van der Waals surface area contributed by atoms with Gasteiger partial charge >= 0.3 is 0 Å². The van der Waals surface area contributed by atoms with Crippen LogP contribution in [0.4, 0.5) is 0 Å². The van der Waals surface area contributed by atoms with Gasteiger partial charge in [0.2, 0.25) is 0 Å². The van der Waals surface area contributed by atoms with E-state index in [4.69, 9.17) is 0 Å². The van der Waals surface area contributed by atoms with Gasteiger partial charge in [0, 0.05) is 43.4 Å². The summed E-state index contributed by atoms with van der Waals surface area (Å²) < 4.78 is 4.16. The summed E-state index contributed by atoms with van der Waals surface area (Å²) in [6.07, 6.45) is 6.17. The van der Waals surface area contributed by atoms with Crippen molar-refractivity contribution in [2.75, 3.05) is 6.54 Å². The zero-order valence-electron chi connectivity index (χ0n) is 12.0. The lowest BCUT2D eigenvalue weighted by Gasteiger charge is -2.04. The van der Waals surface area contributed by atoms with Crippen LogP contribution < -0.4 is 5.32 Å². The predicted molar refractivity (Wildman–Crippen MR) is 81.6 cm³/mol. The predicted octanol–water partition coefficient (Wildman–Crippen LogP) is 2.47. The van der Waals surface area contributed by atoms with Crippen molar-refractivity contribution >= 4 is 10.9 Å². The summed E-state index contributed by atoms with van der Waals surface area (Å²) >= 11 is 0. The fraction of sp³-hybridized carbons (Fsp3) is 0.312. The molecule has 4 nitrogen and oxygen atoms in total. The molecule has 3 aromatic rings. The van der Waals surface area contributed by atoms with Crippen LogP contribution in [-0.4, -0.2) is 20.9 Å². The van der Waals surface area contributed by atoms with E-state index in [-0.39, 0.29) is 0 Å². The van der Waals surface area contributed by atoms with E-state index in [2.05, 4.69) is 65.6 Å². The molecule has 0 unspecified atom stereocenters. The highest BCUT2D eigenvalue weighted by molar-refractivity contribution is 5.83. The lowest BCUT2D eigenvalue weighted by Crippen LogP contribution is -2.19. The quantitative estimate of drug-likeness (QED) is 0.721. The maximum atomic E-state index is 4.29. The molecule has 0 saturated heterocycles. The second kappa shape index (κ2) is 5.51. The second-order valence-corrected chi connectivity index (χ2v) is 5.24. The minimum absolute atomic E-state index is 0.890. The second-order valence-electron chi connectivity index (χ2n) is 5.24. The summed E-state index contributed by atoms with van der Waals surface area (Å²) in [6, 6.07) is 8.52. The Morgan fingerprint density at radius 2 is 2.05 bits per heavy atom. The number of hydrogen-bond donors (Lipinski definition) is 1. The standard InChI is InChI=1S/C16H20N4/c1-13-9-18-20(11-13)8-7-17-10-14-12-19(2)16-6-4-3-5-15(14)16/h3-6,9,11-12,17H,7-8,10H2,1-2H3. The van der Waals surface area contributed by atoms with Crippen LogP contribution in [0.15, 0.2) is 42.9 Å². The van der Waals surface area contributed by atoms with Gasteiger partial charge in [0.25, 0.3) is 0 Å². The lowest BCUT2D eigenvalue weighted by molar-refractivity contribution is 0.555. The molecular formula is C16H20N4. The van der Waals surface area contributed by atoms with Crippen molar-refractivity contribution in [3.8, 4) is 0 Å². The van der Waals surface area contributed by atoms with Crippen LogP contribution in [0.1, 0.15) is 11.1 Å². The molecule has 0 aliphatic rings. The van der Waals surface area contributed by atoms with Crippen LogP contribution in [0.3, 0.4) is 0 Å². The first kappa shape index (κ1) is 12.9. The maximum absolute atomic E-state index is 4.29. The molecule has 0 radical (unpaired) electrons. The molecule has 0 spiro atoms. The number of hydrogen-bond acceptors (Lipinski definition) is 2. The highest BCUT2D eigenvalue weighted by atomic mass is 15.3. The molecule has 0 saturated carbocycles. The molecule has 1 aromatic carbocycles. The smallest absolute Gasteiger partial charge is 0.0534 e.